The van der Waals surface area contributed by atoms with Gasteiger partial charge in [-0.2, -0.15) is 5.26 Å². The molecule has 4 nitrogen and oxygen atoms in total. The predicted octanol–water partition coefficient (Wildman–Crippen LogP) is 0.874. The van der Waals surface area contributed by atoms with Gasteiger partial charge in [-0.05, 0) is 33.6 Å². The lowest BCUT2D eigenvalue weighted by Gasteiger charge is -2.44. The van der Waals surface area contributed by atoms with Crippen molar-refractivity contribution >= 4 is 5.91 Å². The molecule has 0 saturated carbocycles. The maximum atomic E-state index is 11.0. The van der Waals surface area contributed by atoms with Crippen molar-refractivity contribution in [3.05, 3.63) is 0 Å². The summed E-state index contributed by atoms with van der Waals surface area (Å²) in [5.74, 6) is -0.247. The van der Waals surface area contributed by atoms with E-state index in [-0.39, 0.29) is 23.4 Å². The van der Waals surface area contributed by atoms with Crippen LogP contribution in [0.1, 0.15) is 33.6 Å². The second-order valence-corrected chi connectivity index (χ2v) is 4.99. The van der Waals surface area contributed by atoms with Crippen molar-refractivity contribution in [3.63, 3.8) is 0 Å². The van der Waals surface area contributed by atoms with E-state index in [2.05, 4.69) is 11.0 Å². The molecule has 0 aliphatic carbocycles. The molecule has 1 heterocycles. The van der Waals surface area contributed by atoms with Crippen LogP contribution < -0.4 is 5.73 Å². The first-order valence-corrected chi connectivity index (χ1v) is 5.34. The number of hydrogen-bond acceptors (Lipinski definition) is 3. The van der Waals surface area contributed by atoms with Gasteiger partial charge in [-0.15, -0.1) is 0 Å². The molecule has 0 aromatic rings. The minimum atomic E-state index is -0.336. The maximum Gasteiger partial charge on any atom is 0.234 e. The molecule has 0 radical (unpaired) electrons. The molecule has 0 bridgehead atoms. The number of primary amides is 1. The summed E-state index contributed by atoms with van der Waals surface area (Å²) >= 11 is 0. The number of carbonyl (C=O) groups is 1. The first-order chi connectivity index (χ1) is 6.87. The summed E-state index contributed by atoms with van der Waals surface area (Å²) in [5, 5.41) is 8.93. The molecule has 1 rings (SSSR count). The largest absolute Gasteiger partial charge is 0.368 e. The first-order valence-electron chi connectivity index (χ1n) is 5.34. The number of carbonyl (C=O) groups excluding carboxylic acids is 1. The quantitative estimate of drug-likeness (QED) is 0.747. The molecule has 1 fully saturated rings. The second-order valence-electron chi connectivity index (χ2n) is 4.99. The smallest absolute Gasteiger partial charge is 0.234 e. The number of nitrogens with zero attached hydrogens (tertiary/aromatic N) is 2. The average Bonchev–Trinajstić information content (AvgIpc) is 1.99. The molecule has 1 aliphatic heterocycles. The molecule has 2 N–H and O–H groups in total. The van der Waals surface area contributed by atoms with Crippen molar-refractivity contribution in [1.82, 2.24) is 4.90 Å². The minimum absolute atomic E-state index is 0.116. The van der Waals surface area contributed by atoms with Gasteiger partial charge >= 0.3 is 0 Å². The molecule has 1 saturated heterocycles. The van der Waals surface area contributed by atoms with Gasteiger partial charge in [0.1, 0.15) is 0 Å². The van der Waals surface area contributed by atoms with Crippen LogP contribution in [0.2, 0.25) is 0 Å². The van der Waals surface area contributed by atoms with Crippen LogP contribution in [-0.4, -0.2) is 29.4 Å². The Labute approximate surface area is 91.0 Å². The Balaban J connectivity index is 2.52. The van der Waals surface area contributed by atoms with E-state index in [9.17, 15) is 4.79 Å². The zero-order chi connectivity index (χ0) is 11.6. The summed E-state index contributed by atoms with van der Waals surface area (Å²) < 4.78 is 0. The summed E-state index contributed by atoms with van der Waals surface area (Å²) in [5.41, 5.74) is 4.94. The van der Waals surface area contributed by atoms with E-state index in [1.165, 1.54) is 0 Å². The lowest BCUT2D eigenvalue weighted by molar-refractivity contribution is -0.129. The summed E-state index contributed by atoms with van der Waals surface area (Å²) in [6.07, 6.45) is 1.62. The molecule has 0 aromatic heterocycles. The molecule has 84 valence electrons. The van der Waals surface area contributed by atoms with Crippen LogP contribution in [0.5, 0.6) is 0 Å². The highest BCUT2D eigenvalue weighted by Gasteiger charge is 2.37. The number of nitrogens with two attached hydrogens (primary N) is 1. The van der Waals surface area contributed by atoms with Crippen molar-refractivity contribution in [1.29, 1.82) is 5.26 Å². The summed E-state index contributed by atoms with van der Waals surface area (Å²) in [7, 11) is 0. The van der Waals surface area contributed by atoms with E-state index in [0.29, 0.717) is 0 Å². The van der Waals surface area contributed by atoms with Gasteiger partial charge in [0.25, 0.3) is 0 Å². The Morgan fingerprint density at radius 3 is 2.67 bits per heavy atom. The van der Waals surface area contributed by atoms with Crippen LogP contribution in [-0.2, 0) is 4.79 Å². The van der Waals surface area contributed by atoms with Crippen LogP contribution >= 0.6 is 0 Å². The van der Waals surface area contributed by atoms with E-state index in [0.717, 1.165) is 19.4 Å². The van der Waals surface area contributed by atoms with Crippen LogP contribution in [0.3, 0.4) is 0 Å². The zero-order valence-electron chi connectivity index (χ0n) is 9.66. The third-order valence-electron chi connectivity index (χ3n) is 3.06. The monoisotopic (exact) mass is 209 g/mol. The number of rotatable bonds is 4. The Morgan fingerprint density at radius 2 is 2.33 bits per heavy atom. The van der Waals surface area contributed by atoms with E-state index in [4.69, 9.17) is 11.0 Å². The Bertz CT molecular complexity index is 293. The van der Waals surface area contributed by atoms with Gasteiger partial charge in [0, 0.05) is 12.6 Å². The number of likely N-dealkylation sites (tertiary alicyclic amines) is 1. The highest BCUT2D eigenvalue weighted by atomic mass is 16.1. The first kappa shape index (κ1) is 12.0. The summed E-state index contributed by atoms with van der Waals surface area (Å²) in [4.78, 5) is 13.1. The molecular weight excluding hydrogens is 190 g/mol. The molecule has 1 amide bonds. The van der Waals surface area contributed by atoms with Gasteiger partial charge in [-0.25, -0.2) is 0 Å². The average molecular weight is 209 g/mol. The fourth-order valence-electron chi connectivity index (χ4n) is 2.14. The molecule has 2 atom stereocenters. The maximum absolute atomic E-state index is 11.0. The summed E-state index contributed by atoms with van der Waals surface area (Å²) in [6, 6.07) is 2.40. The lowest BCUT2D eigenvalue weighted by atomic mass is 9.85. The van der Waals surface area contributed by atoms with Gasteiger partial charge in [-0.1, -0.05) is 0 Å². The number of amides is 1. The zero-order valence-corrected chi connectivity index (χ0v) is 9.66. The van der Waals surface area contributed by atoms with E-state index < -0.39 is 0 Å². The van der Waals surface area contributed by atoms with Crippen LogP contribution in [0.25, 0.3) is 0 Å². The highest BCUT2D eigenvalue weighted by molar-refractivity contribution is 5.80. The third kappa shape index (κ3) is 2.69. The highest BCUT2D eigenvalue weighted by Crippen LogP contribution is 2.28. The molecule has 0 spiro atoms. The van der Waals surface area contributed by atoms with Gasteiger partial charge in [0.15, 0.2) is 0 Å². The Hall–Kier alpha value is -1.08. The Kier molecular flexibility index (Phi) is 3.35. The minimum Gasteiger partial charge on any atom is -0.368 e. The van der Waals surface area contributed by atoms with Gasteiger partial charge in [-0.3, -0.25) is 9.69 Å². The fraction of sp³-hybridized carbons (Fsp3) is 0.818. The SMILES string of the molecule is CC(CC(C)(C)C#N)N1CCC1C(N)=O. The van der Waals surface area contributed by atoms with Gasteiger partial charge in [0.2, 0.25) is 5.91 Å². The molecule has 4 heteroatoms. The summed E-state index contributed by atoms with van der Waals surface area (Å²) in [6.45, 7) is 6.80. The molecule has 2 unspecified atom stereocenters. The molecular formula is C11H19N3O. The second kappa shape index (κ2) is 4.19. The number of hydrogen-bond donors (Lipinski definition) is 1. The van der Waals surface area contributed by atoms with E-state index in [1.54, 1.807) is 0 Å². The molecule has 15 heavy (non-hydrogen) atoms. The molecule has 1 aliphatic rings. The number of nitriles is 1. The van der Waals surface area contributed by atoms with Crippen molar-refractivity contribution in [3.8, 4) is 6.07 Å². The Morgan fingerprint density at radius 1 is 1.73 bits per heavy atom. The van der Waals surface area contributed by atoms with Crippen molar-refractivity contribution in [2.24, 2.45) is 11.1 Å². The topological polar surface area (TPSA) is 70.1 Å². The van der Waals surface area contributed by atoms with Crippen molar-refractivity contribution in [2.75, 3.05) is 6.54 Å². The predicted molar refractivity (Wildman–Crippen MR) is 57.8 cm³/mol. The van der Waals surface area contributed by atoms with Crippen LogP contribution in [0.15, 0.2) is 0 Å². The van der Waals surface area contributed by atoms with Gasteiger partial charge < -0.3 is 5.73 Å². The van der Waals surface area contributed by atoms with Crippen LogP contribution in [0, 0.1) is 16.7 Å². The molecule has 0 aromatic carbocycles. The van der Waals surface area contributed by atoms with Crippen molar-refractivity contribution < 1.29 is 4.79 Å². The van der Waals surface area contributed by atoms with E-state index >= 15 is 0 Å². The standard InChI is InChI=1S/C11H19N3O/c1-8(6-11(2,3)7-12)14-5-4-9(14)10(13)15/h8-9H,4-6H2,1-3H3,(H2,13,15). The van der Waals surface area contributed by atoms with E-state index in [1.807, 2.05) is 20.8 Å². The fourth-order valence-corrected chi connectivity index (χ4v) is 2.14. The lowest BCUT2D eigenvalue weighted by Crippen LogP contribution is -2.58. The van der Waals surface area contributed by atoms with Crippen LogP contribution in [0.4, 0.5) is 0 Å². The normalized spacial score (nSPS) is 24.0. The van der Waals surface area contributed by atoms with Crippen molar-refractivity contribution in [2.45, 2.75) is 45.7 Å². The van der Waals surface area contributed by atoms with Gasteiger partial charge in [0.05, 0.1) is 17.5 Å². The third-order valence-corrected chi connectivity index (χ3v) is 3.06.